The number of rotatable bonds is 5. The first-order valence-electron chi connectivity index (χ1n) is 8.41. The van der Waals surface area contributed by atoms with E-state index in [0.717, 1.165) is 23.7 Å². The molecule has 1 aromatic rings. The molecule has 0 radical (unpaired) electrons. The average Bonchev–Trinajstić information content (AvgIpc) is 2.86. The predicted molar refractivity (Wildman–Crippen MR) is 92.6 cm³/mol. The van der Waals surface area contributed by atoms with E-state index in [9.17, 15) is 19.2 Å². The molecule has 2 aliphatic heterocycles. The van der Waals surface area contributed by atoms with Crippen LogP contribution in [0.5, 0.6) is 0 Å². The Morgan fingerprint density at radius 2 is 1.65 bits per heavy atom. The number of anilines is 2. The van der Waals surface area contributed by atoms with E-state index in [0.29, 0.717) is 23.8 Å². The maximum Gasteiger partial charge on any atom is 0.334 e. The number of morpholine rings is 1. The van der Waals surface area contributed by atoms with Crippen molar-refractivity contribution in [1.82, 2.24) is 9.80 Å². The predicted octanol–water partition coefficient (Wildman–Crippen LogP) is 0.272. The molecule has 0 bridgehead atoms. The van der Waals surface area contributed by atoms with E-state index in [1.54, 1.807) is 19.1 Å². The molecule has 2 fully saturated rings. The van der Waals surface area contributed by atoms with E-state index >= 15 is 0 Å². The largest absolute Gasteiger partial charge is 0.378 e. The Hall–Kier alpha value is -2.94. The summed E-state index contributed by atoms with van der Waals surface area (Å²) in [7, 11) is 0. The summed E-state index contributed by atoms with van der Waals surface area (Å²) in [5.74, 6) is -2.42. The van der Waals surface area contributed by atoms with Crippen LogP contribution in [0.1, 0.15) is 6.92 Å². The maximum absolute atomic E-state index is 12.1. The second-order valence-electron chi connectivity index (χ2n) is 5.92. The van der Waals surface area contributed by atoms with E-state index in [-0.39, 0.29) is 6.54 Å². The van der Waals surface area contributed by atoms with Gasteiger partial charge >= 0.3 is 17.8 Å². The fourth-order valence-electron chi connectivity index (χ4n) is 2.89. The number of imide groups is 2. The van der Waals surface area contributed by atoms with Crippen LogP contribution in [0, 0.1) is 0 Å². The molecule has 0 atom stereocenters. The second kappa shape index (κ2) is 7.52. The van der Waals surface area contributed by atoms with Crippen molar-refractivity contribution in [3.05, 3.63) is 24.3 Å². The van der Waals surface area contributed by atoms with Crippen LogP contribution in [-0.4, -0.2) is 72.9 Å². The third-order valence-electron chi connectivity index (χ3n) is 4.28. The van der Waals surface area contributed by atoms with Crippen LogP contribution in [0.4, 0.5) is 16.2 Å². The Kier molecular flexibility index (Phi) is 5.17. The first-order chi connectivity index (χ1) is 12.5. The van der Waals surface area contributed by atoms with Gasteiger partial charge in [-0.15, -0.1) is 0 Å². The molecule has 9 heteroatoms. The van der Waals surface area contributed by atoms with Crippen LogP contribution in [0.3, 0.4) is 0 Å². The molecule has 26 heavy (non-hydrogen) atoms. The van der Waals surface area contributed by atoms with E-state index in [2.05, 4.69) is 10.2 Å². The number of nitrogens with one attached hydrogen (secondary N) is 1. The highest BCUT2D eigenvalue weighted by Gasteiger charge is 2.44. The smallest absolute Gasteiger partial charge is 0.334 e. The molecule has 3 rings (SSSR count). The normalized spacial score (nSPS) is 17.9. The monoisotopic (exact) mass is 360 g/mol. The minimum Gasteiger partial charge on any atom is -0.378 e. The number of urea groups is 1. The Labute approximate surface area is 150 Å². The summed E-state index contributed by atoms with van der Waals surface area (Å²) in [5, 5.41) is 2.63. The number of carbonyl (C=O) groups is 4. The molecule has 0 aliphatic carbocycles. The van der Waals surface area contributed by atoms with Gasteiger partial charge < -0.3 is 15.0 Å². The lowest BCUT2D eigenvalue weighted by Crippen LogP contribution is -2.39. The van der Waals surface area contributed by atoms with Gasteiger partial charge in [-0.3, -0.25) is 19.3 Å². The summed E-state index contributed by atoms with van der Waals surface area (Å²) in [5.41, 5.74) is 1.57. The Morgan fingerprint density at radius 3 is 2.23 bits per heavy atom. The summed E-state index contributed by atoms with van der Waals surface area (Å²) < 4.78 is 5.32. The van der Waals surface area contributed by atoms with Gasteiger partial charge in [0.25, 0.3) is 0 Å². The zero-order valence-electron chi connectivity index (χ0n) is 14.4. The molecular formula is C17H20N4O5. The van der Waals surface area contributed by atoms with Gasteiger partial charge in [0, 0.05) is 31.0 Å². The van der Waals surface area contributed by atoms with Crippen molar-refractivity contribution < 1.29 is 23.9 Å². The van der Waals surface area contributed by atoms with Crippen molar-refractivity contribution >= 4 is 35.1 Å². The molecule has 1 aromatic carbocycles. The van der Waals surface area contributed by atoms with Gasteiger partial charge in [0.2, 0.25) is 5.91 Å². The van der Waals surface area contributed by atoms with Gasteiger partial charge in [-0.2, -0.15) is 0 Å². The number of benzene rings is 1. The lowest BCUT2D eigenvalue weighted by molar-refractivity contribution is -0.143. The molecule has 2 saturated heterocycles. The Bertz CT molecular complexity index is 727. The topological polar surface area (TPSA) is 99.3 Å². The molecule has 1 N–H and O–H groups in total. The summed E-state index contributed by atoms with van der Waals surface area (Å²) in [6.45, 7) is 4.17. The highest BCUT2D eigenvalue weighted by atomic mass is 16.5. The number of carbonyl (C=O) groups excluding carboxylic acids is 4. The molecule has 0 unspecified atom stereocenters. The van der Waals surface area contributed by atoms with Crippen molar-refractivity contribution in [2.24, 2.45) is 0 Å². The van der Waals surface area contributed by atoms with Crippen molar-refractivity contribution in [3.8, 4) is 0 Å². The van der Waals surface area contributed by atoms with Gasteiger partial charge in [0.1, 0.15) is 6.54 Å². The fraction of sp³-hybridized carbons (Fsp3) is 0.412. The third-order valence-corrected chi connectivity index (χ3v) is 4.28. The zero-order chi connectivity index (χ0) is 18.7. The summed E-state index contributed by atoms with van der Waals surface area (Å²) >= 11 is 0. The average molecular weight is 360 g/mol. The zero-order valence-corrected chi connectivity index (χ0v) is 14.4. The number of likely N-dealkylation sites (N-methyl/N-ethyl adjacent to an activating group) is 1. The number of hydrogen-bond donors (Lipinski definition) is 1. The number of hydrogen-bond acceptors (Lipinski definition) is 6. The van der Waals surface area contributed by atoms with Crippen LogP contribution in [-0.2, 0) is 19.1 Å². The van der Waals surface area contributed by atoms with Crippen molar-refractivity contribution in [1.29, 1.82) is 0 Å². The van der Waals surface area contributed by atoms with Crippen LogP contribution in [0.15, 0.2) is 24.3 Å². The van der Waals surface area contributed by atoms with Gasteiger partial charge in [-0.25, -0.2) is 9.69 Å². The minimum atomic E-state index is -0.977. The quantitative estimate of drug-likeness (QED) is 0.598. The van der Waals surface area contributed by atoms with Crippen LogP contribution >= 0.6 is 0 Å². The summed E-state index contributed by atoms with van der Waals surface area (Å²) in [6.07, 6.45) is 0. The first kappa shape index (κ1) is 17.9. The third kappa shape index (κ3) is 3.52. The number of nitrogens with zero attached hydrogens (tertiary/aromatic N) is 3. The molecule has 9 nitrogen and oxygen atoms in total. The highest BCUT2D eigenvalue weighted by Crippen LogP contribution is 2.19. The summed E-state index contributed by atoms with van der Waals surface area (Å²) in [4.78, 5) is 51.2. The Balaban J connectivity index is 1.59. The second-order valence-corrected chi connectivity index (χ2v) is 5.92. The lowest BCUT2D eigenvalue weighted by atomic mass is 10.2. The standard InChI is InChI=1S/C17H20N4O5/c1-2-20-15(23)16(24)21(17(20)25)11-14(22)18-12-3-5-13(6-4-12)19-7-9-26-10-8-19/h3-6H,2,7-11H2,1H3,(H,18,22). The SMILES string of the molecule is CCN1C(=O)C(=O)N(CC(=O)Nc2ccc(N3CCOCC3)cc2)C1=O. The molecule has 5 amide bonds. The summed E-state index contributed by atoms with van der Waals surface area (Å²) in [6, 6.07) is 6.50. The van der Waals surface area contributed by atoms with Crippen LogP contribution < -0.4 is 10.2 Å². The maximum atomic E-state index is 12.1. The lowest BCUT2D eigenvalue weighted by Gasteiger charge is -2.28. The Morgan fingerprint density at radius 1 is 1.04 bits per heavy atom. The molecular weight excluding hydrogens is 340 g/mol. The van der Waals surface area contributed by atoms with Crippen molar-refractivity contribution in [2.45, 2.75) is 6.92 Å². The van der Waals surface area contributed by atoms with Crippen molar-refractivity contribution in [2.75, 3.05) is 49.6 Å². The first-order valence-corrected chi connectivity index (χ1v) is 8.41. The van der Waals surface area contributed by atoms with E-state index < -0.39 is 30.3 Å². The van der Waals surface area contributed by atoms with Crippen LogP contribution in [0.25, 0.3) is 0 Å². The van der Waals surface area contributed by atoms with Crippen LogP contribution in [0.2, 0.25) is 0 Å². The fourth-order valence-corrected chi connectivity index (χ4v) is 2.89. The van der Waals surface area contributed by atoms with Gasteiger partial charge in [0.15, 0.2) is 0 Å². The molecule has 2 aliphatic rings. The van der Waals surface area contributed by atoms with Gasteiger partial charge in [0.05, 0.1) is 13.2 Å². The molecule has 2 heterocycles. The number of ether oxygens (including phenoxy) is 1. The molecule has 0 saturated carbocycles. The molecule has 138 valence electrons. The minimum absolute atomic E-state index is 0.0878. The van der Waals surface area contributed by atoms with Crippen molar-refractivity contribution in [3.63, 3.8) is 0 Å². The number of amides is 5. The molecule has 0 spiro atoms. The van der Waals surface area contributed by atoms with E-state index in [1.807, 2.05) is 12.1 Å². The highest BCUT2D eigenvalue weighted by molar-refractivity contribution is 6.45. The van der Waals surface area contributed by atoms with Gasteiger partial charge in [-0.05, 0) is 31.2 Å². The van der Waals surface area contributed by atoms with E-state index in [1.165, 1.54) is 0 Å². The van der Waals surface area contributed by atoms with Gasteiger partial charge in [-0.1, -0.05) is 0 Å². The molecule has 0 aromatic heterocycles. The van der Waals surface area contributed by atoms with E-state index in [4.69, 9.17) is 4.74 Å².